The molecule has 0 aliphatic rings. The molecule has 88 valence electrons. The highest BCUT2D eigenvalue weighted by molar-refractivity contribution is 7.09. The second-order valence-electron chi connectivity index (χ2n) is 3.18. The summed E-state index contributed by atoms with van der Waals surface area (Å²) in [5.41, 5.74) is 0.791. The number of thiazole rings is 1. The van der Waals surface area contributed by atoms with E-state index in [-0.39, 0.29) is 12.3 Å². The van der Waals surface area contributed by atoms with Crippen molar-refractivity contribution in [3.05, 3.63) is 34.7 Å². The van der Waals surface area contributed by atoms with E-state index in [2.05, 4.69) is 20.3 Å². The van der Waals surface area contributed by atoms with Crippen LogP contribution in [0.15, 0.2) is 24.0 Å². The highest BCUT2D eigenvalue weighted by atomic mass is 35.5. The van der Waals surface area contributed by atoms with Gasteiger partial charge in [0.25, 0.3) is 0 Å². The Kier molecular flexibility index (Phi) is 4.00. The largest absolute Gasteiger partial charge is 0.309 e. The fourth-order valence-electron chi connectivity index (χ4n) is 1.18. The van der Waals surface area contributed by atoms with E-state index in [4.69, 9.17) is 11.6 Å². The maximum absolute atomic E-state index is 11.6. The van der Waals surface area contributed by atoms with Crippen molar-refractivity contribution in [2.24, 2.45) is 0 Å². The molecule has 1 amide bonds. The maximum atomic E-state index is 11.6. The van der Waals surface area contributed by atoms with E-state index < -0.39 is 0 Å². The van der Waals surface area contributed by atoms with Gasteiger partial charge in [0.15, 0.2) is 5.82 Å². The quantitative estimate of drug-likeness (QED) is 0.860. The van der Waals surface area contributed by atoms with Gasteiger partial charge in [-0.15, -0.1) is 22.9 Å². The topological polar surface area (TPSA) is 67.8 Å². The summed E-state index contributed by atoms with van der Waals surface area (Å²) >= 11 is 7.05. The number of aromatic nitrogens is 3. The number of carbonyl (C=O) groups is 1. The van der Waals surface area contributed by atoms with Crippen molar-refractivity contribution in [3.63, 3.8) is 0 Å². The normalized spacial score (nSPS) is 10.2. The summed E-state index contributed by atoms with van der Waals surface area (Å²) in [4.78, 5) is 23.6. The van der Waals surface area contributed by atoms with E-state index in [1.807, 2.05) is 5.38 Å². The predicted molar refractivity (Wildman–Crippen MR) is 66.0 cm³/mol. The van der Waals surface area contributed by atoms with E-state index in [0.29, 0.717) is 11.7 Å². The number of hydrogen-bond acceptors (Lipinski definition) is 5. The zero-order valence-corrected chi connectivity index (χ0v) is 10.3. The number of hydrogen-bond donors (Lipinski definition) is 1. The predicted octanol–water partition coefficient (Wildman–Crippen LogP) is 1.85. The molecule has 0 unspecified atom stereocenters. The average Bonchev–Trinajstić information content (AvgIpc) is 2.78. The average molecular weight is 269 g/mol. The summed E-state index contributed by atoms with van der Waals surface area (Å²) in [6.07, 6.45) is 4.77. The van der Waals surface area contributed by atoms with Gasteiger partial charge in [-0.1, -0.05) is 0 Å². The zero-order chi connectivity index (χ0) is 12.1. The molecule has 1 N–H and O–H groups in total. The first-order valence-corrected chi connectivity index (χ1v) is 6.24. The van der Waals surface area contributed by atoms with Crippen LogP contribution in [-0.4, -0.2) is 20.9 Å². The molecule has 0 radical (unpaired) electrons. The molecule has 2 rings (SSSR count). The van der Waals surface area contributed by atoms with Gasteiger partial charge in [-0.2, -0.15) is 0 Å². The minimum absolute atomic E-state index is 0.166. The van der Waals surface area contributed by atoms with Crippen LogP contribution >= 0.6 is 22.9 Å². The lowest BCUT2D eigenvalue weighted by atomic mass is 10.4. The summed E-state index contributed by atoms with van der Waals surface area (Å²) in [6, 6.07) is 0. The molecular formula is C10H9ClN4OS. The van der Waals surface area contributed by atoms with Crippen LogP contribution in [0.1, 0.15) is 10.7 Å². The van der Waals surface area contributed by atoms with Crippen LogP contribution in [0.3, 0.4) is 0 Å². The monoisotopic (exact) mass is 268 g/mol. The molecule has 2 heterocycles. The molecule has 0 spiro atoms. The van der Waals surface area contributed by atoms with E-state index >= 15 is 0 Å². The minimum Gasteiger partial charge on any atom is -0.309 e. The molecule has 0 saturated carbocycles. The van der Waals surface area contributed by atoms with Gasteiger partial charge in [-0.05, 0) is 0 Å². The standard InChI is InChI=1S/C10H9ClN4OS/c11-4-7-6-17-10(14-7)3-9(16)15-8-5-12-1-2-13-8/h1-2,5-6H,3-4H2,(H,13,15,16). The number of alkyl halides is 1. The summed E-state index contributed by atoms with van der Waals surface area (Å²) in [7, 11) is 0. The molecular weight excluding hydrogens is 260 g/mol. The van der Waals surface area contributed by atoms with Crippen molar-refractivity contribution < 1.29 is 4.79 Å². The number of anilines is 1. The third-order valence-corrected chi connectivity index (χ3v) is 3.05. The van der Waals surface area contributed by atoms with E-state index in [1.54, 1.807) is 6.20 Å². The second-order valence-corrected chi connectivity index (χ2v) is 4.39. The number of amides is 1. The highest BCUT2D eigenvalue weighted by Crippen LogP contribution is 2.12. The summed E-state index contributed by atoms with van der Waals surface area (Å²) in [5, 5.41) is 5.22. The van der Waals surface area contributed by atoms with Gasteiger partial charge in [0.2, 0.25) is 5.91 Å². The lowest BCUT2D eigenvalue weighted by Gasteiger charge is -2.01. The first-order chi connectivity index (χ1) is 8.28. The number of nitrogens with one attached hydrogen (secondary N) is 1. The van der Waals surface area contributed by atoms with E-state index in [0.717, 1.165) is 10.7 Å². The van der Waals surface area contributed by atoms with Crippen LogP contribution in [0.5, 0.6) is 0 Å². The van der Waals surface area contributed by atoms with E-state index in [9.17, 15) is 4.79 Å². The van der Waals surface area contributed by atoms with Crippen LogP contribution in [0.4, 0.5) is 5.82 Å². The molecule has 7 heteroatoms. The van der Waals surface area contributed by atoms with Crippen LogP contribution in [0.2, 0.25) is 0 Å². The first kappa shape index (κ1) is 11.9. The third-order valence-electron chi connectivity index (χ3n) is 1.88. The van der Waals surface area contributed by atoms with Crippen LogP contribution < -0.4 is 5.32 Å². The smallest absolute Gasteiger partial charge is 0.232 e. The molecule has 0 fully saturated rings. The van der Waals surface area contributed by atoms with Crippen molar-refractivity contribution in [1.29, 1.82) is 0 Å². The Morgan fingerprint density at radius 1 is 1.47 bits per heavy atom. The lowest BCUT2D eigenvalue weighted by Crippen LogP contribution is -2.15. The van der Waals surface area contributed by atoms with Gasteiger partial charge in [0.05, 0.1) is 24.2 Å². The summed E-state index contributed by atoms with van der Waals surface area (Å²) < 4.78 is 0. The number of nitrogens with zero attached hydrogens (tertiary/aromatic N) is 3. The van der Waals surface area contributed by atoms with Crippen molar-refractivity contribution in [3.8, 4) is 0 Å². The van der Waals surface area contributed by atoms with Gasteiger partial charge in [-0.3, -0.25) is 9.78 Å². The zero-order valence-electron chi connectivity index (χ0n) is 8.76. The van der Waals surface area contributed by atoms with Crippen LogP contribution in [0, 0.1) is 0 Å². The molecule has 0 aliphatic carbocycles. The Hall–Kier alpha value is -1.53. The van der Waals surface area contributed by atoms with E-state index in [1.165, 1.54) is 23.7 Å². The highest BCUT2D eigenvalue weighted by Gasteiger charge is 2.08. The number of halogens is 1. The Morgan fingerprint density at radius 3 is 3.00 bits per heavy atom. The number of rotatable bonds is 4. The molecule has 0 aromatic carbocycles. The molecule has 0 bridgehead atoms. The van der Waals surface area contributed by atoms with Gasteiger partial charge < -0.3 is 5.32 Å². The molecule has 5 nitrogen and oxygen atoms in total. The SMILES string of the molecule is O=C(Cc1nc(CCl)cs1)Nc1cnccn1. The first-order valence-electron chi connectivity index (χ1n) is 4.83. The summed E-state index contributed by atoms with van der Waals surface area (Å²) in [6.45, 7) is 0. The third kappa shape index (κ3) is 3.47. The van der Waals surface area contributed by atoms with Crippen molar-refractivity contribution in [2.45, 2.75) is 12.3 Å². The van der Waals surface area contributed by atoms with Gasteiger partial charge in [0, 0.05) is 17.8 Å². The van der Waals surface area contributed by atoms with Gasteiger partial charge >= 0.3 is 0 Å². The fraction of sp³-hybridized carbons (Fsp3) is 0.200. The Morgan fingerprint density at radius 2 is 2.35 bits per heavy atom. The molecule has 0 saturated heterocycles. The maximum Gasteiger partial charge on any atom is 0.232 e. The van der Waals surface area contributed by atoms with Crippen LogP contribution in [-0.2, 0) is 17.1 Å². The van der Waals surface area contributed by atoms with Gasteiger partial charge in [-0.25, -0.2) is 9.97 Å². The van der Waals surface area contributed by atoms with Crippen molar-refractivity contribution in [2.75, 3.05) is 5.32 Å². The molecule has 2 aromatic heterocycles. The Labute approximate surface area is 107 Å². The minimum atomic E-state index is -0.166. The van der Waals surface area contributed by atoms with Crippen LogP contribution in [0.25, 0.3) is 0 Å². The van der Waals surface area contributed by atoms with Gasteiger partial charge in [0.1, 0.15) is 5.01 Å². The molecule has 0 aliphatic heterocycles. The molecule has 0 atom stereocenters. The fourth-order valence-corrected chi connectivity index (χ4v) is 2.20. The van der Waals surface area contributed by atoms with Crippen molar-refractivity contribution in [1.82, 2.24) is 15.0 Å². The molecule has 2 aromatic rings. The number of carbonyl (C=O) groups excluding carboxylic acids is 1. The summed E-state index contributed by atoms with van der Waals surface area (Å²) in [5.74, 6) is 0.634. The second kappa shape index (κ2) is 5.70. The molecule has 17 heavy (non-hydrogen) atoms. The Bertz CT molecular complexity index is 502. The lowest BCUT2D eigenvalue weighted by molar-refractivity contribution is -0.115. The Balaban J connectivity index is 1.93. The van der Waals surface area contributed by atoms with Crippen molar-refractivity contribution >= 4 is 34.7 Å².